The summed E-state index contributed by atoms with van der Waals surface area (Å²) < 4.78 is 2.11. The second-order valence-electron chi connectivity index (χ2n) is 5.01. The van der Waals surface area contributed by atoms with Crippen molar-refractivity contribution >= 4 is 6.03 Å². The van der Waals surface area contributed by atoms with E-state index < -0.39 is 0 Å². The third-order valence-corrected chi connectivity index (χ3v) is 3.62. The Labute approximate surface area is 101 Å². The molecule has 2 saturated carbocycles. The molecule has 2 N–H and O–H groups in total. The molecule has 2 aliphatic carbocycles. The molecule has 2 atom stereocenters. The molecule has 0 spiro atoms. The van der Waals surface area contributed by atoms with Crippen molar-refractivity contribution < 1.29 is 4.79 Å². The van der Waals surface area contributed by atoms with Gasteiger partial charge < -0.3 is 15.2 Å². The molecule has 0 unspecified atom stereocenters. The van der Waals surface area contributed by atoms with Crippen molar-refractivity contribution in [2.24, 2.45) is 0 Å². The molecule has 3 rings (SSSR count). The van der Waals surface area contributed by atoms with E-state index in [1.54, 1.807) is 6.20 Å². The van der Waals surface area contributed by atoms with Crippen molar-refractivity contribution in [1.82, 2.24) is 20.2 Å². The number of hydrogen-bond donors (Lipinski definition) is 2. The van der Waals surface area contributed by atoms with E-state index in [2.05, 4.69) is 20.2 Å². The van der Waals surface area contributed by atoms with Gasteiger partial charge >= 0.3 is 6.03 Å². The zero-order chi connectivity index (χ0) is 11.7. The van der Waals surface area contributed by atoms with Crippen molar-refractivity contribution in [3.63, 3.8) is 0 Å². The highest BCUT2D eigenvalue weighted by atomic mass is 16.2. The lowest BCUT2D eigenvalue weighted by Gasteiger charge is -2.22. The molecule has 17 heavy (non-hydrogen) atoms. The van der Waals surface area contributed by atoms with Gasteiger partial charge in [-0.1, -0.05) is 0 Å². The van der Waals surface area contributed by atoms with Crippen LogP contribution in [0.3, 0.4) is 0 Å². The molecule has 1 aromatic rings. The Balaban J connectivity index is 1.59. The Kier molecular flexibility index (Phi) is 2.74. The summed E-state index contributed by atoms with van der Waals surface area (Å²) in [6.07, 6.45) is 11.2. The van der Waals surface area contributed by atoms with Gasteiger partial charge in [0.05, 0.1) is 18.4 Å². The summed E-state index contributed by atoms with van der Waals surface area (Å²) in [5.74, 6) is 0. The van der Waals surface area contributed by atoms with Crippen LogP contribution in [-0.2, 0) is 0 Å². The van der Waals surface area contributed by atoms with E-state index in [0.29, 0.717) is 12.1 Å². The number of nitrogens with one attached hydrogen (secondary N) is 2. The highest BCUT2D eigenvalue weighted by Gasteiger charge is 2.31. The number of carbonyl (C=O) groups excluding carboxylic acids is 1. The van der Waals surface area contributed by atoms with Gasteiger partial charge in [0.25, 0.3) is 0 Å². The van der Waals surface area contributed by atoms with E-state index in [1.807, 2.05) is 12.5 Å². The zero-order valence-corrected chi connectivity index (χ0v) is 9.80. The lowest BCUT2D eigenvalue weighted by Crippen LogP contribution is -2.44. The van der Waals surface area contributed by atoms with Crippen LogP contribution in [0.1, 0.15) is 38.1 Å². The maximum absolute atomic E-state index is 11.7. The first kappa shape index (κ1) is 10.6. The molecule has 0 aliphatic heterocycles. The molecule has 0 aromatic carbocycles. The van der Waals surface area contributed by atoms with Gasteiger partial charge in [0.15, 0.2) is 0 Å². The average Bonchev–Trinajstić information content (AvgIpc) is 2.83. The fourth-order valence-electron chi connectivity index (χ4n) is 2.55. The minimum atomic E-state index is -0.00971. The third kappa shape index (κ3) is 2.43. The predicted molar refractivity (Wildman–Crippen MR) is 63.6 cm³/mol. The van der Waals surface area contributed by atoms with Gasteiger partial charge in [-0.05, 0) is 32.1 Å². The summed E-state index contributed by atoms with van der Waals surface area (Å²) in [5.41, 5.74) is 0. The maximum atomic E-state index is 11.7. The van der Waals surface area contributed by atoms with Crippen LogP contribution in [0.15, 0.2) is 18.7 Å². The van der Waals surface area contributed by atoms with Crippen molar-refractivity contribution in [1.29, 1.82) is 0 Å². The van der Waals surface area contributed by atoms with Crippen molar-refractivity contribution in [2.45, 2.75) is 50.2 Å². The Morgan fingerprint density at radius 1 is 1.24 bits per heavy atom. The average molecular weight is 234 g/mol. The van der Waals surface area contributed by atoms with Crippen LogP contribution in [0.4, 0.5) is 4.79 Å². The fraction of sp³-hybridized carbons (Fsp3) is 0.667. The molecule has 2 aliphatic rings. The quantitative estimate of drug-likeness (QED) is 0.831. The van der Waals surface area contributed by atoms with Gasteiger partial charge in [-0.2, -0.15) is 0 Å². The summed E-state index contributed by atoms with van der Waals surface area (Å²) in [7, 11) is 0. The number of nitrogens with zero attached hydrogens (tertiary/aromatic N) is 2. The number of carbonyl (C=O) groups is 1. The second-order valence-corrected chi connectivity index (χ2v) is 5.01. The minimum Gasteiger partial charge on any atom is -0.335 e. The van der Waals surface area contributed by atoms with Crippen LogP contribution < -0.4 is 10.6 Å². The molecular formula is C12H18N4O. The number of hydrogen-bond acceptors (Lipinski definition) is 2. The SMILES string of the molecule is O=C(NC1CC1)N[C@@H]1CCC[C@@H]1n1ccnc1. The topological polar surface area (TPSA) is 59.0 Å². The number of imidazole rings is 1. The molecule has 92 valence electrons. The van der Waals surface area contributed by atoms with Crippen LogP contribution in [0.5, 0.6) is 0 Å². The van der Waals surface area contributed by atoms with Gasteiger partial charge in [-0.25, -0.2) is 9.78 Å². The molecule has 0 bridgehead atoms. The summed E-state index contributed by atoms with van der Waals surface area (Å²) in [4.78, 5) is 15.8. The highest BCUT2D eigenvalue weighted by Crippen LogP contribution is 2.30. The molecular weight excluding hydrogens is 216 g/mol. The van der Waals surface area contributed by atoms with Gasteiger partial charge in [0.1, 0.15) is 0 Å². The third-order valence-electron chi connectivity index (χ3n) is 3.62. The van der Waals surface area contributed by atoms with Crippen molar-refractivity contribution in [3.05, 3.63) is 18.7 Å². The number of amides is 2. The Morgan fingerprint density at radius 3 is 2.82 bits per heavy atom. The molecule has 2 fully saturated rings. The summed E-state index contributed by atoms with van der Waals surface area (Å²) >= 11 is 0. The standard InChI is InChI=1S/C12H18N4O/c17-12(14-9-4-5-9)15-10-2-1-3-11(10)16-7-6-13-8-16/h6-11H,1-5H2,(H2,14,15,17)/t10-,11+/m1/s1. The molecule has 0 radical (unpaired) electrons. The van der Waals surface area contributed by atoms with E-state index in [4.69, 9.17) is 0 Å². The highest BCUT2D eigenvalue weighted by molar-refractivity contribution is 5.75. The second kappa shape index (κ2) is 4.39. The van der Waals surface area contributed by atoms with E-state index in [9.17, 15) is 4.79 Å². The predicted octanol–water partition coefficient (Wildman–Crippen LogP) is 1.44. The summed E-state index contributed by atoms with van der Waals surface area (Å²) in [6.45, 7) is 0. The summed E-state index contributed by atoms with van der Waals surface area (Å²) in [6, 6.07) is 1.01. The van der Waals surface area contributed by atoms with Crippen LogP contribution in [-0.4, -0.2) is 27.7 Å². The van der Waals surface area contributed by atoms with E-state index in [1.165, 1.54) is 0 Å². The number of rotatable bonds is 3. The van der Waals surface area contributed by atoms with E-state index in [-0.39, 0.29) is 12.1 Å². The van der Waals surface area contributed by atoms with Crippen molar-refractivity contribution in [3.8, 4) is 0 Å². The monoisotopic (exact) mass is 234 g/mol. The maximum Gasteiger partial charge on any atom is 0.315 e. The Hall–Kier alpha value is -1.52. The lowest BCUT2D eigenvalue weighted by atomic mass is 10.2. The van der Waals surface area contributed by atoms with E-state index in [0.717, 1.165) is 32.1 Å². The smallest absolute Gasteiger partial charge is 0.315 e. The first-order chi connectivity index (χ1) is 8.33. The van der Waals surface area contributed by atoms with Gasteiger partial charge in [0, 0.05) is 18.4 Å². The number of urea groups is 1. The van der Waals surface area contributed by atoms with Gasteiger partial charge in [-0.15, -0.1) is 0 Å². The van der Waals surface area contributed by atoms with Gasteiger partial charge in [0.2, 0.25) is 0 Å². The van der Waals surface area contributed by atoms with Gasteiger partial charge in [-0.3, -0.25) is 0 Å². The summed E-state index contributed by atoms with van der Waals surface area (Å²) in [5, 5.41) is 6.06. The Bertz CT molecular complexity index is 385. The molecule has 1 aromatic heterocycles. The van der Waals surface area contributed by atoms with Crippen LogP contribution in [0, 0.1) is 0 Å². The first-order valence-corrected chi connectivity index (χ1v) is 6.37. The van der Waals surface area contributed by atoms with E-state index >= 15 is 0 Å². The molecule has 2 amide bonds. The molecule has 5 heteroatoms. The van der Waals surface area contributed by atoms with Crippen molar-refractivity contribution in [2.75, 3.05) is 0 Å². The molecule has 0 saturated heterocycles. The number of aromatic nitrogens is 2. The minimum absolute atomic E-state index is 0.00971. The lowest BCUT2D eigenvalue weighted by molar-refractivity contribution is 0.233. The van der Waals surface area contributed by atoms with Crippen LogP contribution >= 0.6 is 0 Å². The van der Waals surface area contributed by atoms with Crippen LogP contribution in [0.25, 0.3) is 0 Å². The fourth-order valence-corrected chi connectivity index (χ4v) is 2.55. The molecule has 5 nitrogen and oxygen atoms in total. The molecule has 1 heterocycles. The van der Waals surface area contributed by atoms with Crippen LogP contribution in [0.2, 0.25) is 0 Å². The first-order valence-electron chi connectivity index (χ1n) is 6.37. The zero-order valence-electron chi connectivity index (χ0n) is 9.80. The normalized spacial score (nSPS) is 28.0. The Morgan fingerprint density at radius 2 is 2.12 bits per heavy atom. The largest absolute Gasteiger partial charge is 0.335 e.